The highest BCUT2D eigenvalue weighted by atomic mass is 16.5. The molecule has 0 saturated carbocycles. The lowest BCUT2D eigenvalue weighted by molar-refractivity contribution is -0.0979. The fraction of sp³-hybridized carbons (Fsp3) is 0.133. The molecule has 0 aromatic heterocycles. The summed E-state index contributed by atoms with van der Waals surface area (Å²) in [5, 5.41) is 0. The summed E-state index contributed by atoms with van der Waals surface area (Å²) in [6.07, 6.45) is 0. The van der Waals surface area contributed by atoms with Crippen molar-refractivity contribution in [3.8, 4) is 11.1 Å². The zero-order valence-electron chi connectivity index (χ0n) is 9.93. The molecule has 2 heteroatoms. The first kappa shape index (κ1) is 13.1. The molecule has 0 aliphatic heterocycles. The summed E-state index contributed by atoms with van der Waals surface area (Å²) in [5.41, 5.74) is 3.70. The summed E-state index contributed by atoms with van der Waals surface area (Å²) in [7, 11) is 1.71. The van der Waals surface area contributed by atoms with Gasteiger partial charge in [-0.15, -0.1) is 0 Å². The fourth-order valence-electron chi connectivity index (χ4n) is 1.59. The Kier molecular flexibility index (Phi) is 5.69. The maximum Gasteiger partial charge on any atom is 0.106 e. The topological polar surface area (TPSA) is 26.3 Å². The average Bonchev–Trinajstić information content (AvgIpc) is 2.43. The van der Waals surface area contributed by atoms with Crippen molar-refractivity contribution in [2.75, 3.05) is 7.11 Å². The number of hydrogen-bond donors (Lipinski definition) is 0. The molecule has 0 heterocycles. The number of methoxy groups -OCH3 is 1. The van der Waals surface area contributed by atoms with Gasteiger partial charge in [0.05, 0.1) is 6.61 Å². The first-order valence-corrected chi connectivity index (χ1v) is 5.32. The van der Waals surface area contributed by atoms with Crippen LogP contribution in [-0.4, -0.2) is 13.9 Å². The predicted octanol–water partition coefficient (Wildman–Crippen LogP) is 3.32. The van der Waals surface area contributed by atoms with Crippen molar-refractivity contribution in [1.29, 1.82) is 0 Å². The molecule has 0 aliphatic rings. The molecule has 0 spiro atoms. The SMILES string of the molecule is C=O.COCc1ccc(-c2ccccc2)cc1. The lowest BCUT2D eigenvalue weighted by atomic mass is 10.0. The molecule has 0 amide bonds. The molecule has 0 unspecified atom stereocenters. The summed E-state index contributed by atoms with van der Waals surface area (Å²) in [5.74, 6) is 0. The molecular weight excluding hydrogens is 212 g/mol. The third-order valence-corrected chi connectivity index (χ3v) is 2.37. The van der Waals surface area contributed by atoms with Crippen LogP contribution in [0.2, 0.25) is 0 Å². The summed E-state index contributed by atoms with van der Waals surface area (Å²) in [4.78, 5) is 8.00. The van der Waals surface area contributed by atoms with E-state index in [1.807, 2.05) is 12.9 Å². The van der Waals surface area contributed by atoms with Gasteiger partial charge in [0, 0.05) is 7.11 Å². The van der Waals surface area contributed by atoms with Crippen molar-refractivity contribution in [2.24, 2.45) is 0 Å². The van der Waals surface area contributed by atoms with E-state index in [0.29, 0.717) is 6.61 Å². The minimum Gasteiger partial charge on any atom is -0.380 e. The normalized spacial score (nSPS) is 9.24. The average molecular weight is 228 g/mol. The van der Waals surface area contributed by atoms with E-state index >= 15 is 0 Å². The van der Waals surface area contributed by atoms with Gasteiger partial charge in [-0.3, -0.25) is 0 Å². The van der Waals surface area contributed by atoms with E-state index in [1.165, 1.54) is 16.7 Å². The number of carbonyl (C=O) groups excluding carboxylic acids is 1. The third kappa shape index (κ3) is 3.85. The molecule has 0 radical (unpaired) electrons. The van der Waals surface area contributed by atoms with E-state index < -0.39 is 0 Å². The highest BCUT2D eigenvalue weighted by molar-refractivity contribution is 5.63. The van der Waals surface area contributed by atoms with E-state index in [1.54, 1.807) is 7.11 Å². The number of rotatable bonds is 3. The standard InChI is InChI=1S/C14H14O.CH2O/c1-15-11-12-7-9-14(10-8-12)13-5-3-2-4-6-13;1-2/h2-10H,11H2,1H3;1H2. The second-order valence-corrected chi connectivity index (χ2v) is 3.50. The van der Waals surface area contributed by atoms with Crippen molar-refractivity contribution < 1.29 is 9.53 Å². The van der Waals surface area contributed by atoms with Gasteiger partial charge >= 0.3 is 0 Å². The Hall–Kier alpha value is -1.93. The molecule has 2 aromatic carbocycles. The Labute approximate surface area is 102 Å². The largest absolute Gasteiger partial charge is 0.380 e. The minimum absolute atomic E-state index is 0.676. The lowest BCUT2D eigenvalue weighted by Gasteiger charge is -2.03. The maximum absolute atomic E-state index is 8.00. The fourth-order valence-corrected chi connectivity index (χ4v) is 1.59. The van der Waals surface area contributed by atoms with Gasteiger partial charge in [-0.05, 0) is 16.7 Å². The van der Waals surface area contributed by atoms with Gasteiger partial charge in [0.25, 0.3) is 0 Å². The molecule has 88 valence electrons. The molecular formula is C15H16O2. The first-order valence-electron chi connectivity index (χ1n) is 5.32. The van der Waals surface area contributed by atoms with Crippen molar-refractivity contribution in [1.82, 2.24) is 0 Å². The maximum atomic E-state index is 8.00. The molecule has 0 saturated heterocycles. The Morgan fingerprint density at radius 1 is 0.882 bits per heavy atom. The van der Waals surface area contributed by atoms with E-state index in [-0.39, 0.29) is 0 Å². The van der Waals surface area contributed by atoms with E-state index in [0.717, 1.165) is 0 Å². The van der Waals surface area contributed by atoms with Gasteiger partial charge in [0.15, 0.2) is 0 Å². The number of benzene rings is 2. The summed E-state index contributed by atoms with van der Waals surface area (Å²) < 4.78 is 5.07. The highest BCUT2D eigenvalue weighted by Crippen LogP contribution is 2.19. The summed E-state index contributed by atoms with van der Waals surface area (Å²) in [6.45, 7) is 2.68. The molecule has 2 aromatic rings. The van der Waals surface area contributed by atoms with Crippen molar-refractivity contribution in [3.63, 3.8) is 0 Å². The van der Waals surface area contributed by atoms with Gasteiger partial charge < -0.3 is 9.53 Å². The van der Waals surface area contributed by atoms with E-state index in [9.17, 15) is 0 Å². The van der Waals surface area contributed by atoms with Crippen molar-refractivity contribution >= 4 is 6.79 Å². The van der Waals surface area contributed by atoms with Crippen LogP contribution in [-0.2, 0) is 16.1 Å². The third-order valence-electron chi connectivity index (χ3n) is 2.37. The Balaban J connectivity index is 0.000000686. The second kappa shape index (κ2) is 7.36. The molecule has 0 aliphatic carbocycles. The molecule has 2 rings (SSSR count). The quantitative estimate of drug-likeness (QED) is 0.805. The van der Waals surface area contributed by atoms with Gasteiger partial charge in [0.1, 0.15) is 6.79 Å². The van der Waals surface area contributed by atoms with E-state index in [2.05, 4.69) is 48.5 Å². The van der Waals surface area contributed by atoms with Crippen LogP contribution in [0.3, 0.4) is 0 Å². The zero-order valence-corrected chi connectivity index (χ0v) is 9.93. The Morgan fingerprint density at radius 2 is 1.41 bits per heavy atom. The summed E-state index contributed by atoms with van der Waals surface area (Å²) in [6, 6.07) is 18.8. The number of hydrogen-bond acceptors (Lipinski definition) is 2. The van der Waals surface area contributed by atoms with Crippen LogP contribution in [0.5, 0.6) is 0 Å². The van der Waals surface area contributed by atoms with E-state index in [4.69, 9.17) is 9.53 Å². The molecule has 0 fully saturated rings. The van der Waals surface area contributed by atoms with Crippen LogP contribution in [0, 0.1) is 0 Å². The number of carbonyl (C=O) groups is 1. The van der Waals surface area contributed by atoms with Crippen molar-refractivity contribution in [3.05, 3.63) is 60.2 Å². The van der Waals surface area contributed by atoms with Gasteiger partial charge in [-0.2, -0.15) is 0 Å². The van der Waals surface area contributed by atoms with Crippen molar-refractivity contribution in [2.45, 2.75) is 6.61 Å². The number of ether oxygens (including phenoxy) is 1. The van der Waals surface area contributed by atoms with Gasteiger partial charge in [-0.25, -0.2) is 0 Å². The monoisotopic (exact) mass is 228 g/mol. The van der Waals surface area contributed by atoms with Gasteiger partial charge in [-0.1, -0.05) is 54.6 Å². The van der Waals surface area contributed by atoms with Gasteiger partial charge in [0.2, 0.25) is 0 Å². The van der Waals surface area contributed by atoms with Crippen LogP contribution in [0.25, 0.3) is 11.1 Å². The minimum atomic E-state index is 0.676. The highest BCUT2D eigenvalue weighted by Gasteiger charge is 1.96. The zero-order chi connectivity index (χ0) is 12.5. The molecule has 2 nitrogen and oxygen atoms in total. The molecule has 17 heavy (non-hydrogen) atoms. The molecule has 0 N–H and O–H groups in total. The Bertz CT molecular complexity index is 420. The van der Waals surface area contributed by atoms with Crippen LogP contribution in [0.4, 0.5) is 0 Å². The molecule has 0 bridgehead atoms. The lowest BCUT2D eigenvalue weighted by Crippen LogP contribution is -1.86. The molecule has 0 atom stereocenters. The van der Waals surface area contributed by atoms with Crippen LogP contribution >= 0.6 is 0 Å². The predicted molar refractivity (Wildman–Crippen MR) is 69.7 cm³/mol. The first-order chi connectivity index (χ1) is 8.40. The second-order valence-electron chi connectivity index (χ2n) is 3.50. The van der Waals surface area contributed by atoms with Crippen LogP contribution in [0.1, 0.15) is 5.56 Å². The summed E-state index contributed by atoms with van der Waals surface area (Å²) >= 11 is 0. The smallest absolute Gasteiger partial charge is 0.106 e. The van der Waals surface area contributed by atoms with Crippen LogP contribution < -0.4 is 0 Å². The van der Waals surface area contributed by atoms with Crippen LogP contribution in [0.15, 0.2) is 54.6 Å². The Morgan fingerprint density at radius 3 is 1.94 bits per heavy atom.